The van der Waals surface area contributed by atoms with E-state index in [-0.39, 0.29) is 23.9 Å². The molecule has 1 rings (SSSR count). The van der Waals surface area contributed by atoms with Gasteiger partial charge >= 0.3 is 5.97 Å². The molecule has 0 aliphatic carbocycles. The number of hydrogen-bond acceptors (Lipinski definition) is 3. The topological polar surface area (TPSA) is 92.4 Å². The summed E-state index contributed by atoms with van der Waals surface area (Å²) in [5.41, 5.74) is 5.91. The van der Waals surface area contributed by atoms with Crippen LogP contribution < -0.4 is 11.1 Å². The molecule has 0 saturated carbocycles. The molecule has 0 aliphatic rings. The third-order valence-electron chi connectivity index (χ3n) is 2.21. The highest BCUT2D eigenvalue weighted by Crippen LogP contribution is 2.20. The molecule has 1 atom stereocenters. The van der Waals surface area contributed by atoms with Gasteiger partial charge in [-0.25, -0.2) is 4.79 Å². The molecule has 0 saturated heterocycles. The van der Waals surface area contributed by atoms with Crippen LogP contribution in [0, 0.1) is 5.92 Å². The predicted molar refractivity (Wildman–Crippen MR) is 67.9 cm³/mol. The zero-order valence-corrected chi connectivity index (χ0v) is 10.8. The average Bonchev–Trinajstić information content (AvgIpc) is 2.26. The number of nitrogens with one attached hydrogen (secondary N) is 1. The van der Waals surface area contributed by atoms with Crippen molar-refractivity contribution in [1.82, 2.24) is 0 Å². The number of carboxylic acid groups (broad SMARTS) is 1. The Morgan fingerprint density at radius 3 is 2.65 bits per heavy atom. The minimum Gasteiger partial charge on any atom is -0.478 e. The first-order valence-electron chi connectivity index (χ1n) is 4.99. The second kappa shape index (κ2) is 5.79. The maximum Gasteiger partial charge on any atom is 0.335 e. The van der Waals surface area contributed by atoms with Crippen molar-refractivity contribution < 1.29 is 14.7 Å². The Morgan fingerprint density at radius 1 is 1.47 bits per heavy atom. The third-order valence-corrected chi connectivity index (χ3v) is 2.67. The Bertz CT molecular complexity index is 448. The van der Waals surface area contributed by atoms with E-state index in [2.05, 4.69) is 21.2 Å². The first-order chi connectivity index (χ1) is 7.93. The molecule has 17 heavy (non-hydrogen) atoms. The SMILES string of the molecule is CC(CN)C(=O)Nc1cc(Br)cc(C(=O)O)c1. The first-order valence-corrected chi connectivity index (χ1v) is 5.78. The van der Waals surface area contributed by atoms with Gasteiger partial charge in [0, 0.05) is 22.6 Å². The minimum atomic E-state index is -1.05. The number of aromatic carboxylic acids is 1. The number of hydrogen-bond donors (Lipinski definition) is 3. The quantitative estimate of drug-likeness (QED) is 0.789. The van der Waals surface area contributed by atoms with Crippen LogP contribution in [0.4, 0.5) is 5.69 Å². The Balaban J connectivity index is 2.92. The van der Waals surface area contributed by atoms with Crippen molar-refractivity contribution in [2.24, 2.45) is 11.7 Å². The van der Waals surface area contributed by atoms with E-state index in [1.54, 1.807) is 13.0 Å². The fourth-order valence-corrected chi connectivity index (χ4v) is 1.65. The Morgan fingerprint density at radius 2 is 2.12 bits per heavy atom. The van der Waals surface area contributed by atoms with E-state index in [0.717, 1.165) is 0 Å². The maximum atomic E-state index is 11.6. The molecule has 92 valence electrons. The van der Waals surface area contributed by atoms with Gasteiger partial charge in [-0.15, -0.1) is 0 Å². The number of nitrogens with two attached hydrogens (primary N) is 1. The summed E-state index contributed by atoms with van der Waals surface area (Å²) in [7, 11) is 0. The molecule has 6 heteroatoms. The molecule has 0 spiro atoms. The predicted octanol–water partition coefficient (Wildman–Crippen LogP) is 1.68. The van der Waals surface area contributed by atoms with Crippen LogP contribution in [-0.4, -0.2) is 23.5 Å². The fourth-order valence-electron chi connectivity index (χ4n) is 1.16. The lowest BCUT2D eigenvalue weighted by Gasteiger charge is -2.10. The van der Waals surface area contributed by atoms with Gasteiger partial charge in [0.2, 0.25) is 5.91 Å². The summed E-state index contributed by atoms with van der Waals surface area (Å²) in [5.74, 6) is -1.60. The van der Waals surface area contributed by atoms with Gasteiger partial charge in [-0.05, 0) is 18.2 Å². The molecule has 5 nitrogen and oxygen atoms in total. The van der Waals surface area contributed by atoms with Crippen LogP contribution in [0.3, 0.4) is 0 Å². The lowest BCUT2D eigenvalue weighted by molar-refractivity contribution is -0.119. The maximum absolute atomic E-state index is 11.6. The normalized spacial score (nSPS) is 11.9. The van der Waals surface area contributed by atoms with Crippen molar-refractivity contribution in [2.45, 2.75) is 6.92 Å². The highest BCUT2D eigenvalue weighted by molar-refractivity contribution is 9.10. The molecule has 1 aromatic carbocycles. The second-order valence-electron chi connectivity index (χ2n) is 3.66. The number of anilines is 1. The summed E-state index contributed by atoms with van der Waals surface area (Å²) < 4.78 is 0.591. The van der Waals surface area contributed by atoms with Crippen LogP contribution in [0.25, 0.3) is 0 Å². The molecule has 0 bridgehead atoms. The molecular formula is C11H13BrN2O3. The summed E-state index contributed by atoms with van der Waals surface area (Å²) in [4.78, 5) is 22.4. The summed E-state index contributed by atoms with van der Waals surface area (Å²) in [6.07, 6.45) is 0. The van der Waals surface area contributed by atoms with Crippen LogP contribution in [0.5, 0.6) is 0 Å². The number of carboxylic acids is 1. The molecule has 1 aromatic rings. The van der Waals surface area contributed by atoms with Gasteiger partial charge in [0.25, 0.3) is 0 Å². The van der Waals surface area contributed by atoms with Crippen LogP contribution in [-0.2, 0) is 4.79 Å². The number of benzene rings is 1. The van der Waals surface area contributed by atoms with Gasteiger partial charge in [-0.3, -0.25) is 4.79 Å². The molecule has 4 N–H and O–H groups in total. The molecule has 0 heterocycles. The monoisotopic (exact) mass is 300 g/mol. The molecule has 0 radical (unpaired) electrons. The summed E-state index contributed by atoms with van der Waals surface area (Å²) in [5, 5.41) is 11.5. The largest absolute Gasteiger partial charge is 0.478 e. The fraction of sp³-hybridized carbons (Fsp3) is 0.273. The van der Waals surface area contributed by atoms with E-state index >= 15 is 0 Å². The van der Waals surface area contributed by atoms with Crippen LogP contribution in [0.2, 0.25) is 0 Å². The number of carbonyl (C=O) groups is 2. The molecule has 0 fully saturated rings. The van der Waals surface area contributed by atoms with Crippen molar-refractivity contribution in [1.29, 1.82) is 0 Å². The minimum absolute atomic E-state index is 0.107. The van der Waals surface area contributed by atoms with Crippen molar-refractivity contribution >= 4 is 33.5 Å². The van der Waals surface area contributed by atoms with E-state index in [1.807, 2.05) is 0 Å². The summed E-state index contributed by atoms with van der Waals surface area (Å²) in [6, 6.07) is 4.49. The van der Waals surface area contributed by atoms with Crippen molar-refractivity contribution in [3.8, 4) is 0 Å². The Hall–Kier alpha value is -1.40. The number of rotatable bonds is 4. The number of halogens is 1. The molecule has 1 unspecified atom stereocenters. The van der Waals surface area contributed by atoms with Gasteiger partial charge < -0.3 is 16.2 Å². The lowest BCUT2D eigenvalue weighted by atomic mass is 10.1. The van der Waals surface area contributed by atoms with Gasteiger partial charge in [0.1, 0.15) is 0 Å². The van der Waals surface area contributed by atoms with E-state index in [0.29, 0.717) is 10.2 Å². The zero-order valence-electron chi connectivity index (χ0n) is 9.24. The average molecular weight is 301 g/mol. The van der Waals surface area contributed by atoms with E-state index in [1.165, 1.54) is 12.1 Å². The van der Waals surface area contributed by atoms with E-state index in [4.69, 9.17) is 10.8 Å². The van der Waals surface area contributed by atoms with E-state index < -0.39 is 5.97 Å². The highest BCUT2D eigenvalue weighted by atomic mass is 79.9. The molecule has 0 aliphatic heterocycles. The number of carbonyl (C=O) groups excluding carboxylic acids is 1. The van der Waals surface area contributed by atoms with Crippen LogP contribution >= 0.6 is 15.9 Å². The number of amides is 1. The lowest BCUT2D eigenvalue weighted by Crippen LogP contribution is -2.26. The van der Waals surface area contributed by atoms with Gasteiger partial charge in [-0.2, -0.15) is 0 Å². The van der Waals surface area contributed by atoms with Crippen molar-refractivity contribution in [2.75, 3.05) is 11.9 Å². The standard InChI is InChI=1S/C11H13BrN2O3/c1-6(5-13)10(15)14-9-3-7(11(16)17)2-8(12)4-9/h2-4,6H,5,13H2,1H3,(H,14,15)(H,16,17). The smallest absolute Gasteiger partial charge is 0.335 e. The molecule has 0 aromatic heterocycles. The molecular weight excluding hydrogens is 288 g/mol. The van der Waals surface area contributed by atoms with Crippen LogP contribution in [0.15, 0.2) is 22.7 Å². The second-order valence-corrected chi connectivity index (χ2v) is 4.58. The van der Waals surface area contributed by atoms with Gasteiger partial charge in [0.15, 0.2) is 0 Å². The third kappa shape index (κ3) is 3.83. The van der Waals surface area contributed by atoms with Crippen molar-refractivity contribution in [3.63, 3.8) is 0 Å². The molecule has 1 amide bonds. The zero-order chi connectivity index (χ0) is 13.0. The highest BCUT2D eigenvalue weighted by Gasteiger charge is 2.12. The first kappa shape index (κ1) is 13.7. The van der Waals surface area contributed by atoms with Crippen molar-refractivity contribution in [3.05, 3.63) is 28.2 Å². The van der Waals surface area contributed by atoms with E-state index in [9.17, 15) is 9.59 Å². The summed E-state index contributed by atoms with van der Waals surface area (Å²) >= 11 is 3.19. The van der Waals surface area contributed by atoms with Gasteiger partial charge in [-0.1, -0.05) is 22.9 Å². The van der Waals surface area contributed by atoms with Crippen LogP contribution in [0.1, 0.15) is 17.3 Å². The summed E-state index contributed by atoms with van der Waals surface area (Å²) in [6.45, 7) is 1.94. The Kier molecular flexibility index (Phi) is 4.65. The van der Waals surface area contributed by atoms with Gasteiger partial charge in [0.05, 0.1) is 5.56 Å². The Labute approximate surface area is 107 Å².